The van der Waals surface area contributed by atoms with Crippen molar-refractivity contribution in [3.05, 3.63) is 0 Å². The summed E-state index contributed by atoms with van der Waals surface area (Å²) in [5.74, 6) is 0.457. The maximum absolute atomic E-state index is 12.2. The molecule has 0 aromatic rings. The molecule has 196 valence electrons. The van der Waals surface area contributed by atoms with Crippen LogP contribution in [-0.4, -0.2) is 43.8 Å². The van der Waals surface area contributed by atoms with Crippen LogP contribution in [0.5, 0.6) is 0 Å². The molecule has 0 radical (unpaired) electrons. The van der Waals surface area contributed by atoms with Crippen molar-refractivity contribution in [2.75, 3.05) is 19.8 Å². The van der Waals surface area contributed by atoms with Crippen LogP contribution in [0.1, 0.15) is 116 Å². The van der Waals surface area contributed by atoms with Crippen molar-refractivity contribution >= 4 is 17.9 Å². The number of esters is 3. The second-order valence-corrected chi connectivity index (χ2v) is 10.2. The van der Waals surface area contributed by atoms with E-state index in [4.69, 9.17) is 19.9 Å². The van der Waals surface area contributed by atoms with Gasteiger partial charge in [-0.15, -0.1) is 0 Å². The van der Waals surface area contributed by atoms with E-state index in [-0.39, 0.29) is 31.6 Å². The molecule has 0 bridgehead atoms. The standard InChI is InChI=1S/C27H47NO6/c28-19-9-18-27(31)34-24(20-32-25(29)16-7-14-22-10-3-1-4-11-22)21-33-26(30)17-8-15-23-12-5-2-6-13-23/h22-24H,1-21,28H2. The molecule has 2 N–H and O–H groups in total. The van der Waals surface area contributed by atoms with E-state index in [9.17, 15) is 14.4 Å². The maximum atomic E-state index is 12.2. The van der Waals surface area contributed by atoms with Crippen LogP contribution in [0.3, 0.4) is 0 Å². The second-order valence-electron chi connectivity index (χ2n) is 10.2. The second kappa shape index (κ2) is 17.8. The van der Waals surface area contributed by atoms with E-state index in [2.05, 4.69) is 0 Å². The summed E-state index contributed by atoms with van der Waals surface area (Å²) in [7, 11) is 0. The summed E-state index contributed by atoms with van der Waals surface area (Å²) in [6.07, 6.45) is 17.3. The normalized spacial score (nSPS) is 17.5. The molecule has 0 aliphatic heterocycles. The molecular weight excluding hydrogens is 434 g/mol. The van der Waals surface area contributed by atoms with E-state index in [0.717, 1.165) is 37.5 Å². The number of rotatable bonds is 16. The third-order valence-electron chi connectivity index (χ3n) is 7.18. The molecule has 2 aliphatic rings. The quantitative estimate of drug-likeness (QED) is 0.238. The molecule has 0 aromatic heterocycles. The van der Waals surface area contributed by atoms with E-state index >= 15 is 0 Å². The first-order chi connectivity index (χ1) is 16.6. The highest BCUT2D eigenvalue weighted by Gasteiger charge is 2.20. The number of nitrogens with two attached hydrogens (primary N) is 1. The van der Waals surface area contributed by atoms with Crippen LogP contribution in [0.4, 0.5) is 0 Å². The zero-order chi connectivity index (χ0) is 24.4. The highest BCUT2D eigenvalue weighted by molar-refractivity contribution is 5.71. The van der Waals surface area contributed by atoms with Crippen molar-refractivity contribution in [2.45, 2.75) is 122 Å². The van der Waals surface area contributed by atoms with Crippen molar-refractivity contribution < 1.29 is 28.6 Å². The molecule has 2 rings (SSSR count). The van der Waals surface area contributed by atoms with E-state index in [0.29, 0.717) is 25.8 Å². The van der Waals surface area contributed by atoms with Gasteiger partial charge >= 0.3 is 17.9 Å². The Balaban J connectivity index is 1.66. The van der Waals surface area contributed by atoms with Gasteiger partial charge in [0, 0.05) is 19.3 Å². The predicted octanol–water partition coefficient (Wildman–Crippen LogP) is 5.22. The van der Waals surface area contributed by atoms with Crippen LogP contribution >= 0.6 is 0 Å². The fraction of sp³-hybridized carbons (Fsp3) is 0.889. The van der Waals surface area contributed by atoms with Crippen LogP contribution in [0.25, 0.3) is 0 Å². The van der Waals surface area contributed by atoms with Gasteiger partial charge in [-0.2, -0.15) is 0 Å². The average Bonchev–Trinajstić information content (AvgIpc) is 2.85. The molecule has 2 fully saturated rings. The molecule has 0 amide bonds. The number of carbonyl (C=O) groups is 3. The number of hydrogen-bond acceptors (Lipinski definition) is 7. The number of ether oxygens (including phenoxy) is 3. The van der Waals surface area contributed by atoms with Gasteiger partial charge in [0.1, 0.15) is 13.2 Å². The van der Waals surface area contributed by atoms with Crippen molar-refractivity contribution in [1.29, 1.82) is 0 Å². The van der Waals surface area contributed by atoms with Gasteiger partial charge in [-0.25, -0.2) is 0 Å². The molecule has 0 aromatic carbocycles. The molecule has 2 aliphatic carbocycles. The SMILES string of the molecule is NCCCC(=O)OC(COC(=O)CCCC1CCCCC1)COC(=O)CCCC1CCCCC1. The first kappa shape index (κ1) is 28.6. The maximum Gasteiger partial charge on any atom is 0.306 e. The molecule has 7 heteroatoms. The van der Waals surface area contributed by atoms with E-state index in [1.807, 2.05) is 0 Å². The van der Waals surface area contributed by atoms with Crippen LogP contribution in [-0.2, 0) is 28.6 Å². The Morgan fingerprint density at radius 1 is 0.647 bits per heavy atom. The Bertz CT molecular complexity index is 544. The molecule has 0 saturated heterocycles. The van der Waals surface area contributed by atoms with Crippen molar-refractivity contribution in [3.63, 3.8) is 0 Å². The Morgan fingerprint density at radius 2 is 1.09 bits per heavy atom. The molecule has 0 heterocycles. The van der Waals surface area contributed by atoms with Gasteiger partial charge in [-0.3, -0.25) is 14.4 Å². The minimum atomic E-state index is -0.783. The lowest BCUT2D eigenvalue weighted by atomic mass is 9.86. The minimum absolute atomic E-state index is 0.0913. The van der Waals surface area contributed by atoms with Crippen LogP contribution in [0.15, 0.2) is 0 Å². The third kappa shape index (κ3) is 13.3. The smallest absolute Gasteiger partial charge is 0.306 e. The molecular formula is C27H47NO6. The zero-order valence-corrected chi connectivity index (χ0v) is 21.1. The summed E-state index contributed by atoms with van der Waals surface area (Å²) in [5, 5.41) is 0. The van der Waals surface area contributed by atoms with Gasteiger partial charge in [-0.05, 0) is 50.5 Å². The van der Waals surface area contributed by atoms with Crippen LogP contribution in [0.2, 0.25) is 0 Å². The Morgan fingerprint density at radius 3 is 1.53 bits per heavy atom. The first-order valence-electron chi connectivity index (χ1n) is 13.8. The Labute approximate surface area is 205 Å². The zero-order valence-electron chi connectivity index (χ0n) is 21.1. The lowest BCUT2D eigenvalue weighted by Gasteiger charge is -2.21. The highest BCUT2D eigenvalue weighted by atomic mass is 16.6. The fourth-order valence-corrected chi connectivity index (χ4v) is 5.15. The predicted molar refractivity (Wildman–Crippen MR) is 131 cm³/mol. The summed E-state index contributed by atoms with van der Waals surface area (Å²) >= 11 is 0. The van der Waals surface area contributed by atoms with Crippen molar-refractivity contribution in [1.82, 2.24) is 0 Å². The summed E-state index contributed by atoms with van der Waals surface area (Å²) < 4.78 is 16.1. The van der Waals surface area contributed by atoms with Crippen molar-refractivity contribution in [2.24, 2.45) is 17.6 Å². The van der Waals surface area contributed by atoms with E-state index in [1.165, 1.54) is 64.2 Å². The highest BCUT2D eigenvalue weighted by Crippen LogP contribution is 2.28. The van der Waals surface area contributed by atoms with E-state index in [1.54, 1.807) is 0 Å². The number of carbonyl (C=O) groups excluding carboxylic acids is 3. The summed E-state index contributed by atoms with van der Waals surface area (Å²) in [6, 6.07) is 0. The largest absolute Gasteiger partial charge is 0.462 e. The van der Waals surface area contributed by atoms with Crippen LogP contribution in [0, 0.1) is 11.8 Å². The van der Waals surface area contributed by atoms with Gasteiger partial charge in [0.05, 0.1) is 0 Å². The third-order valence-corrected chi connectivity index (χ3v) is 7.18. The lowest BCUT2D eigenvalue weighted by molar-refractivity contribution is -0.167. The molecule has 0 unspecified atom stereocenters. The van der Waals surface area contributed by atoms with Gasteiger partial charge in [-0.1, -0.05) is 64.2 Å². The van der Waals surface area contributed by atoms with Gasteiger partial charge < -0.3 is 19.9 Å². The Kier molecular flexibility index (Phi) is 14.9. The summed E-state index contributed by atoms with van der Waals surface area (Å²) in [4.78, 5) is 36.4. The fourth-order valence-electron chi connectivity index (χ4n) is 5.15. The van der Waals surface area contributed by atoms with E-state index < -0.39 is 12.1 Å². The van der Waals surface area contributed by atoms with Gasteiger partial charge in [0.15, 0.2) is 6.10 Å². The monoisotopic (exact) mass is 481 g/mol. The summed E-state index contributed by atoms with van der Waals surface area (Å²) in [6.45, 7) is 0.212. The minimum Gasteiger partial charge on any atom is -0.462 e. The average molecular weight is 482 g/mol. The number of hydrogen-bond donors (Lipinski definition) is 1. The Hall–Kier alpha value is -1.63. The molecule has 0 spiro atoms. The van der Waals surface area contributed by atoms with Gasteiger partial charge in [0.25, 0.3) is 0 Å². The topological polar surface area (TPSA) is 105 Å². The molecule has 34 heavy (non-hydrogen) atoms. The van der Waals surface area contributed by atoms with Crippen molar-refractivity contribution in [3.8, 4) is 0 Å². The summed E-state index contributed by atoms with van der Waals surface area (Å²) in [5.41, 5.74) is 5.46. The molecule has 0 atom stereocenters. The van der Waals surface area contributed by atoms with Crippen LogP contribution < -0.4 is 5.73 Å². The van der Waals surface area contributed by atoms with Gasteiger partial charge in [0.2, 0.25) is 0 Å². The molecule has 2 saturated carbocycles. The molecule has 7 nitrogen and oxygen atoms in total. The lowest BCUT2D eigenvalue weighted by Crippen LogP contribution is -2.31. The first-order valence-corrected chi connectivity index (χ1v) is 13.8.